The molecule has 1 atom stereocenters. The van der Waals surface area contributed by atoms with E-state index < -0.39 is 12.1 Å². The van der Waals surface area contributed by atoms with Crippen LogP contribution in [0.3, 0.4) is 0 Å². The molecule has 0 aliphatic heterocycles. The van der Waals surface area contributed by atoms with Gasteiger partial charge < -0.3 is 5.11 Å². The van der Waals surface area contributed by atoms with Crippen molar-refractivity contribution in [3.63, 3.8) is 0 Å². The van der Waals surface area contributed by atoms with Gasteiger partial charge in [-0.1, -0.05) is 19.1 Å². The van der Waals surface area contributed by atoms with E-state index in [-0.39, 0.29) is 12.0 Å². The van der Waals surface area contributed by atoms with E-state index in [1.165, 1.54) is 0 Å². The highest BCUT2D eigenvalue weighted by molar-refractivity contribution is 5.91. The number of rotatable bonds is 3. The first-order chi connectivity index (χ1) is 6.65. The molecule has 0 heterocycles. The van der Waals surface area contributed by atoms with Gasteiger partial charge in [-0.15, -0.1) is 0 Å². The van der Waals surface area contributed by atoms with Crippen LogP contribution in [0.25, 0.3) is 0 Å². The van der Waals surface area contributed by atoms with E-state index in [1.807, 2.05) is 13.0 Å². The summed E-state index contributed by atoms with van der Waals surface area (Å²) >= 11 is 0. The van der Waals surface area contributed by atoms with Crippen LogP contribution in [0.4, 0.5) is 4.39 Å². The van der Waals surface area contributed by atoms with E-state index in [0.29, 0.717) is 24.8 Å². The van der Waals surface area contributed by atoms with Crippen molar-refractivity contribution in [1.82, 2.24) is 0 Å². The third-order valence-electron chi connectivity index (χ3n) is 2.30. The summed E-state index contributed by atoms with van der Waals surface area (Å²) in [5, 5.41) is 8.91. The van der Waals surface area contributed by atoms with E-state index in [2.05, 4.69) is 0 Å². The van der Waals surface area contributed by atoms with Crippen LogP contribution in [0.15, 0.2) is 23.3 Å². The molecule has 0 spiro atoms. The second-order valence-corrected chi connectivity index (χ2v) is 3.44. The average molecular weight is 198 g/mol. The lowest BCUT2D eigenvalue weighted by Gasteiger charge is -2.16. The van der Waals surface area contributed by atoms with Crippen molar-refractivity contribution in [3.8, 4) is 0 Å². The smallest absolute Gasteiger partial charge is 0.335 e. The van der Waals surface area contributed by atoms with Crippen molar-refractivity contribution in [2.24, 2.45) is 0 Å². The maximum atomic E-state index is 13.0. The first-order valence-electron chi connectivity index (χ1n) is 4.92. The Bertz CT molecular complexity index is 279. The third-order valence-corrected chi connectivity index (χ3v) is 2.30. The summed E-state index contributed by atoms with van der Waals surface area (Å²) in [6.45, 7) is 1.87. The zero-order chi connectivity index (χ0) is 10.6. The Hall–Kier alpha value is -1.12. The monoisotopic (exact) mass is 198 g/mol. The van der Waals surface area contributed by atoms with E-state index in [4.69, 9.17) is 5.11 Å². The van der Waals surface area contributed by atoms with Gasteiger partial charge in [-0.2, -0.15) is 0 Å². The molecular weight excluding hydrogens is 183 g/mol. The number of carbonyl (C=O) groups is 1. The predicted octanol–water partition coefficient (Wildman–Crippen LogP) is 2.86. The van der Waals surface area contributed by atoms with E-state index >= 15 is 0 Å². The van der Waals surface area contributed by atoms with Gasteiger partial charge in [0.2, 0.25) is 0 Å². The number of carboxylic acid groups (broad SMARTS) is 1. The molecule has 3 heteroatoms. The molecule has 0 amide bonds. The molecule has 1 N–H and O–H groups in total. The van der Waals surface area contributed by atoms with Gasteiger partial charge in [0.25, 0.3) is 0 Å². The van der Waals surface area contributed by atoms with E-state index in [9.17, 15) is 9.18 Å². The summed E-state index contributed by atoms with van der Waals surface area (Å²) in [6.07, 6.45) is 4.67. The van der Waals surface area contributed by atoms with Crippen LogP contribution >= 0.6 is 0 Å². The van der Waals surface area contributed by atoms with Gasteiger partial charge >= 0.3 is 5.97 Å². The fraction of sp³-hybridized carbons (Fsp3) is 0.545. The Labute approximate surface area is 83.1 Å². The number of carboxylic acids is 1. The Balaban J connectivity index is 2.83. The van der Waals surface area contributed by atoms with Gasteiger partial charge in [-0.05, 0) is 24.8 Å². The summed E-state index contributed by atoms with van der Waals surface area (Å²) in [7, 11) is 0. The zero-order valence-electron chi connectivity index (χ0n) is 8.29. The molecule has 0 aromatic carbocycles. The second kappa shape index (κ2) is 4.94. The molecule has 0 radical (unpaired) electrons. The van der Waals surface area contributed by atoms with E-state index in [1.54, 1.807) is 6.08 Å². The SMILES string of the molecule is CCC=C(C(=O)O)C1=CCCC(F)C1. The van der Waals surface area contributed by atoms with E-state index in [0.717, 1.165) is 0 Å². The summed E-state index contributed by atoms with van der Waals surface area (Å²) in [4.78, 5) is 10.9. The van der Waals surface area contributed by atoms with Gasteiger partial charge in [0, 0.05) is 6.42 Å². The van der Waals surface area contributed by atoms with Crippen molar-refractivity contribution in [2.75, 3.05) is 0 Å². The molecular formula is C11H15FO2. The standard InChI is InChI=1S/C11H15FO2/c1-2-4-10(11(13)14)8-5-3-6-9(12)7-8/h4-5,9H,2-3,6-7H2,1H3,(H,13,14). The van der Waals surface area contributed by atoms with Crippen molar-refractivity contribution < 1.29 is 14.3 Å². The Morgan fingerprint density at radius 1 is 1.79 bits per heavy atom. The number of aliphatic carboxylic acids is 1. The molecule has 0 fully saturated rings. The number of alkyl halides is 1. The molecule has 1 aliphatic carbocycles. The first-order valence-corrected chi connectivity index (χ1v) is 4.92. The lowest BCUT2D eigenvalue weighted by Crippen LogP contribution is -2.12. The van der Waals surface area contributed by atoms with Gasteiger partial charge in [-0.3, -0.25) is 0 Å². The van der Waals surface area contributed by atoms with Crippen LogP contribution in [0.5, 0.6) is 0 Å². The van der Waals surface area contributed by atoms with Crippen LogP contribution in [0.1, 0.15) is 32.6 Å². The fourth-order valence-electron chi connectivity index (χ4n) is 1.64. The van der Waals surface area contributed by atoms with Crippen molar-refractivity contribution in [3.05, 3.63) is 23.3 Å². The van der Waals surface area contributed by atoms with Crippen LogP contribution in [-0.4, -0.2) is 17.2 Å². The molecule has 0 saturated heterocycles. The summed E-state index contributed by atoms with van der Waals surface area (Å²) in [6, 6.07) is 0. The number of hydrogen-bond acceptors (Lipinski definition) is 1. The molecule has 1 aliphatic rings. The normalized spacial score (nSPS) is 23.1. The Morgan fingerprint density at radius 2 is 2.50 bits per heavy atom. The zero-order valence-corrected chi connectivity index (χ0v) is 8.29. The second-order valence-electron chi connectivity index (χ2n) is 3.44. The minimum absolute atomic E-state index is 0.248. The van der Waals surface area contributed by atoms with Gasteiger partial charge in [0.1, 0.15) is 6.17 Å². The van der Waals surface area contributed by atoms with Crippen molar-refractivity contribution in [2.45, 2.75) is 38.8 Å². The molecule has 0 bridgehead atoms. The molecule has 2 nitrogen and oxygen atoms in total. The van der Waals surface area contributed by atoms with Crippen LogP contribution in [-0.2, 0) is 4.79 Å². The predicted molar refractivity (Wildman–Crippen MR) is 52.8 cm³/mol. The first kappa shape index (κ1) is 11.0. The number of hydrogen-bond donors (Lipinski definition) is 1. The van der Waals surface area contributed by atoms with Gasteiger partial charge in [0.05, 0.1) is 5.57 Å². The van der Waals surface area contributed by atoms with Crippen molar-refractivity contribution >= 4 is 5.97 Å². The molecule has 0 aromatic rings. The molecule has 0 aromatic heterocycles. The molecule has 14 heavy (non-hydrogen) atoms. The Kier molecular flexibility index (Phi) is 3.86. The number of halogens is 1. The largest absolute Gasteiger partial charge is 0.478 e. The minimum atomic E-state index is -0.952. The molecule has 0 saturated carbocycles. The molecule has 1 rings (SSSR count). The van der Waals surface area contributed by atoms with Gasteiger partial charge in [0.15, 0.2) is 0 Å². The fourth-order valence-corrected chi connectivity index (χ4v) is 1.64. The third kappa shape index (κ3) is 2.69. The quantitative estimate of drug-likeness (QED) is 0.708. The highest BCUT2D eigenvalue weighted by Crippen LogP contribution is 2.26. The molecule has 78 valence electrons. The van der Waals surface area contributed by atoms with Crippen LogP contribution in [0.2, 0.25) is 0 Å². The van der Waals surface area contributed by atoms with Crippen LogP contribution < -0.4 is 0 Å². The lowest BCUT2D eigenvalue weighted by atomic mass is 9.92. The average Bonchev–Trinajstić information content (AvgIpc) is 2.13. The minimum Gasteiger partial charge on any atom is -0.478 e. The summed E-state index contributed by atoms with van der Waals surface area (Å²) < 4.78 is 13.0. The van der Waals surface area contributed by atoms with Crippen molar-refractivity contribution in [1.29, 1.82) is 0 Å². The molecule has 1 unspecified atom stereocenters. The Morgan fingerprint density at radius 3 is 3.00 bits per heavy atom. The van der Waals surface area contributed by atoms with Gasteiger partial charge in [-0.25, -0.2) is 9.18 Å². The summed E-state index contributed by atoms with van der Waals surface area (Å²) in [5.41, 5.74) is 0.924. The highest BCUT2D eigenvalue weighted by atomic mass is 19.1. The maximum Gasteiger partial charge on any atom is 0.335 e. The number of allylic oxidation sites excluding steroid dienone is 2. The maximum absolute atomic E-state index is 13.0. The highest BCUT2D eigenvalue weighted by Gasteiger charge is 2.20. The van der Waals surface area contributed by atoms with Crippen LogP contribution in [0, 0.1) is 0 Å². The summed E-state index contributed by atoms with van der Waals surface area (Å²) in [5.74, 6) is -0.952. The lowest BCUT2D eigenvalue weighted by molar-refractivity contribution is -0.132. The topological polar surface area (TPSA) is 37.3 Å².